The number of ether oxygens (including phenoxy) is 1. The zero-order valence-electron chi connectivity index (χ0n) is 18.3. The topological polar surface area (TPSA) is 102 Å². The third kappa shape index (κ3) is 5.50. The highest BCUT2D eigenvalue weighted by molar-refractivity contribution is 7.92. The number of carbonyl (C=O) groups is 1. The molecule has 0 unspecified atom stereocenters. The lowest BCUT2D eigenvalue weighted by molar-refractivity contribution is 0.102. The van der Waals surface area contributed by atoms with Gasteiger partial charge in [0.1, 0.15) is 18.0 Å². The first-order valence-electron chi connectivity index (χ1n) is 10.4. The fourth-order valence-electron chi connectivity index (χ4n) is 3.21. The van der Waals surface area contributed by atoms with Crippen molar-refractivity contribution in [1.82, 2.24) is 9.38 Å². The lowest BCUT2D eigenvalue weighted by Crippen LogP contribution is -2.15. The van der Waals surface area contributed by atoms with Gasteiger partial charge in [-0.2, -0.15) is 0 Å². The van der Waals surface area contributed by atoms with Gasteiger partial charge in [-0.1, -0.05) is 6.07 Å². The number of pyridine rings is 1. The van der Waals surface area contributed by atoms with Gasteiger partial charge in [-0.3, -0.25) is 9.52 Å². The average Bonchev–Trinajstić information content (AvgIpc) is 3.24. The van der Waals surface area contributed by atoms with E-state index in [-0.39, 0.29) is 11.7 Å². The molecule has 0 saturated heterocycles. The van der Waals surface area contributed by atoms with Crippen LogP contribution in [-0.4, -0.2) is 29.5 Å². The molecule has 2 aromatic heterocycles. The van der Waals surface area contributed by atoms with Crippen LogP contribution in [0.15, 0.2) is 73.1 Å². The quantitative estimate of drug-likeness (QED) is 0.406. The maximum absolute atomic E-state index is 12.5. The monoisotopic (exact) mass is 464 g/mol. The summed E-state index contributed by atoms with van der Waals surface area (Å²) < 4.78 is 33.5. The summed E-state index contributed by atoms with van der Waals surface area (Å²) in [7, 11) is -3.34. The molecule has 0 fully saturated rings. The highest BCUT2D eigenvalue weighted by atomic mass is 32.2. The Kier molecular flexibility index (Phi) is 6.32. The van der Waals surface area contributed by atoms with Crippen molar-refractivity contribution in [2.24, 2.45) is 0 Å². The Hall–Kier alpha value is -3.85. The number of aromatic nitrogens is 2. The number of sulfonamides is 1. The number of benzene rings is 2. The zero-order chi connectivity index (χ0) is 23.4. The van der Waals surface area contributed by atoms with Crippen LogP contribution in [0.1, 0.15) is 28.5 Å². The van der Waals surface area contributed by atoms with Crippen LogP contribution in [-0.2, 0) is 16.6 Å². The molecule has 0 aliphatic carbocycles. The second-order valence-corrected chi connectivity index (χ2v) is 9.52. The van der Waals surface area contributed by atoms with Gasteiger partial charge in [-0.05, 0) is 74.0 Å². The Balaban J connectivity index is 1.34. The fourth-order valence-corrected chi connectivity index (χ4v) is 3.85. The first kappa shape index (κ1) is 22.3. The summed E-state index contributed by atoms with van der Waals surface area (Å²) in [4.78, 5) is 17.1. The molecule has 9 heteroatoms. The molecular weight excluding hydrogens is 440 g/mol. The van der Waals surface area contributed by atoms with Crippen LogP contribution < -0.4 is 14.8 Å². The van der Waals surface area contributed by atoms with Gasteiger partial charge in [-0.15, -0.1) is 0 Å². The van der Waals surface area contributed by atoms with Crippen molar-refractivity contribution in [2.75, 3.05) is 15.8 Å². The molecule has 2 N–H and O–H groups in total. The Labute approximate surface area is 192 Å². The van der Waals surface area contributed by atoms with Crippen LogP contribution in [0.25, 0.3) is 5.65 Å². The molecule has 0 bridgehead atoms. The van der Waals surface area contributed by atoms with E-state index in [1.807, 2.05) is 35.9 Å². The number of nitrogens with zero attached hydrogens (tertiary/aromatic N) is 2. The molecule has 0 spiro atoms. The third-order valence-corrected chi connectivity index (χ3v) is 6.33. The van der Waals surface area contributed by atoms with E-state index in [2.05, 4.69) is 15.0 Å². The summed E-state index contributed by atoms with van der Waals surface area (Å²) in [6, 6.07) is 17.3. The first-order chi connectivity index (χ1) is 15.8. The molecule has 0 radical (unpaired) electrons. The smallest absolute Gasteiger partial charge is 0.255 e. The summed E-state index contributed by atoms with van der Waals surface area (Å²) >= 11 is 0. The van der Waals surface area contributed by atoms with Crippen molar-refractivity contribution in [3.05, 3.63) is 89.9 Å². The lowest BCUT2D eigenvalue weighted by atomic mass is 10.2. The number of nitrogens with one attached hydrogen (secondary N) is 2. The Morgan fingerprint density at radius 2 is 1.73 bits per heavy atom. The molecule has 2 aromatic carbocycles. The van der Waals surface area contributed by atoms with Gasteiger partial charge < -0.3 is 14.5 Å². The largest absolute Gasteiger partial charge is 0.487 e. The summed E-state index contributed by atoms with van der Waals surface area (Å²) in [6.07, 6.45) is 3.88. The molecule has 0 saturated carbocycles. The van der Waals surface area contributed by atoms with E-state index >= 15 is 0 Å². The number of imidazole rings is 1. The van der Waals surface area contributed by atoms with Gasteiger partial charge in [0.05, 0.1) is 11.4 Å². The lowest BCUT2D eigenvalue weighted by Gasteiger charge is -2.09. The van der Waals surface area contributed by atoms with E-state index in [1.165, 1.54) is 0 Å². The van der Waals surface area contributed by atoms with E-state index in [4.69, 9.17) is 4.74 Å². The molecule has 0 aliphatic heterocycles. The molecule has 0 atom stereocenters. The van der Waals surface area contributed by atoms with Gasteiger partial charge in [0.2, 0.25) is 10.0 Å². The molecule has 4 rings (SSSR count). The number of fused-ring (bicyclic) bond motifs is 1. The van der Waals surface area contributed by atoms with Crippen molar-refractivity contribution in [2.45, 2.75) is 20.5 Å². The van der Waals surface area contributed by atoms with Crippen molar-refractivity contribution in [3.63, 3.8) is 0 Å². The second kappa shape index (κ2) is 9.33. The van der Waals surface area contributed by atoms with Crippen LogP contribution in [0, 0.1) is 6.92 Å². The van der Waals surface area contributed by atoms with E-state index in [1.54, 1.807) is 55.5 Å². The van der Waals surface area contributed by atoms with Crippen LogP contribution in [0.5, 0.6) is 5.75 Å². The van der Waals surface area contributed by atoms with Crippen LogP contribution in [0.4, 0.5) is 11.4 Å². The SMILES string of the molecule is CCS(=O)(=O)Nc1ccc(NC(=O)c2ccc(OCc3cn4cccc(C)c4n3)cc2)cc1. The van der Waals surface area contributed by atoms with E-state index in [9.17, 15) is 13.2 Å². The summed E-state index contributed by atoms with van der Waals surface area (Å²) in [5.74, 6) is 0.344. The molecule has 0 aliphatic rings. The number of hydrogen-bond donors (Lipinski definition) is 2. The second-order valence-electron chi connectivity index (χ2n) is 7.50. The molecule has 2 heterocycles. The third-order valence-electron chi connectivity index (χ3n) is 5.03. The molecule has 4 aromatic rings. The number of aryl methyl sites for hydroxylation is 1. The highest BCUT2D eigenvalue weighted by Crippen LogP contribution is 2.18. The molecule has 1 amide bonds. The van der Waals surface area contributed by atoms with Gasteiger partial charge in [0.25, 0.3) is 5.91 Å². The minimum absolute atomic E-state index is 0.0101. The number of rotatable bonds is 8. The maximum Gasteiger partial charge on any atom is 0.255 e. The Morgan fingerprint density at radius 1 is 1.03 bits per heavy atom. The number of amides is 1. The first-order valence-corrected chi connectivity index (χ1v) is 12.1. The zero-order valence-corrected chi connectivity index (χ0v) is 19.1. The van der Waals surface area contributed by atoms with Crippen LogP contribution in [0.2, 0.25) is 0 Å². The van der Waals surface area contributed by atoms with Gasteiger partial charge in [-0.25, -0.2) is 13.4 Å². The Morgan fingerprint density at radius 3 is 2.39 bits per heavy atom. The number of carbonyl (C=O) groups excluding carboxylic acids is 1. The van der Waals surface area contributed by atoms with Crippen LogP contribution >= 0.6 is 0 Å². The molecule has 33 heavy (non-hydrogen) atoms. The minimum atomic E-state index is -3.34. The van der Waals surface area contributed by atoms with E-state index < -0.39 is 10.0 Å². The van der Waals surface area contributed by atoms with Crippen molar-refractivity contribution >= 4 is 33.0 Å². The van der Waals surface area contributed by atoms with Crippen molar-refractivity contribution in [1.29, 1.82) is 0 Å². The van der Waals surface area contributed by atoms with Gasteiger partial charge in [0, 0.05) is 29.3 Å². The van der Waals surface area contributed by atoms with Gasteiger partial charge >= 0.3 is 0 Å². The number of hydrogen-bond acceptors (Lipinski definition) is 5. The Bertz CT molecular complexity index is 1380. The van der Waals surface area contributed by atoms with Crippen LogP contribution in [0.3, 0.4) is 0 Å². The number of anilines is 2. The molecule has 170 valence electrons. The normalized spacial score (nSPS) is 11.3. The standard InChI is InChI=1S/C24H24N4O4S/c1-3-33(30,31)27-20-10-8-19(9-11-20)26-24(29)18-6-12-22(13-7-18)32-16-21-15-28-14-4-5-17(2)23(28)25-21/h4-15,27H,3,16H2,1-2H3,(H,26,29). The fraction of sp³-hybridized carbons (Fsp3) is 0.167. The molecule has 8 nitrogen and oxygen atoms in total. The molecular formula is C24H24N4O4S. The van der Waals surface area contributed by atoms with Gasteiger partial charge in [0.15, 0.2) is 0 Å². The minimum Gasteiger partial charge on any atom is -0.487 e. The van der Waals surface area contributed by atoms with Crippen molar-refractivity contribution in [3.8, 4) is 5.75 Å². The predicted molar refractivity (Wildman–Crippen MR) is 128 cm³/mol. The van der Waals surface area contributed by atoms with Crippen molar-refractivity contribution < 1.29 is 17.9 Å². The van der Waals surface area contributed by atoms with E-state index in [0.717, 1.165) is 16.9 Å². The summed E-state index contributed by atoms with van der Waals surface area (Å²) in [6.45, 7) is 3.90. The highest BCUT2D eigenvalue weighted by Gasteiger charge is 2.09. The maximum atomic E-state index is 12.5. The predicted octanol–water partition coefficient (Wildman–Crippen LogP) is 4.24. The van der Waals surface area contributed by atoms with E-state index in [0.29, 0.717) is 29.3 Å². The summed E-state index contributed by atoms with van der Waals surface area (Å²) in [5, 5.41) is 2.79. The average molecular weight is 465 g/mol. The summed E-state index contributed by atoms with van der Waals surface area (Å²) in [5.41, 5.74) is 4.28.